The molecule has 0 aliphatic carbocycles. The molecule has 0 aromatic carbocycles. The molecule has 0 spiro atoms. The van der Waals surface area contributed by atoms with Crippen LogP contribution in [0.2, 0.25) is 0 Å². The molecular weight excluding hydrogens is 320 g/mol. The molecule has 2 atom stereocenters. The predicted molar refractivity (Wildman–Crippen MR) is 90.0 cm³/mol. The summed E-state index contributed by atoms with van der Waals surface area (Å²) in [6, 6.07) is 3.52. The van der Waals surface area contributed by atoms with Crippen molar-refractivity contribution in [1.82, 2.24) is 25.1 Å². The van der Waals surface area contributed by atoms with E-state index in [-0.39, 0.29) is 12.0 Å². The quantitative estimate of drug-likeness (QED) is 0.793. The largest absolute Gasteiger partial charge is 0.374 e. The van der Waals surface area contributed by atoms with Crippen LogP contribution in [-0.4, -0.2) is 69.9 Å². The second-order valence-electron chi connectivity index (χ2n) is 6.34. The van der Waals surface area contributed by atoms with Crippen molar-refractivity contribution in [2.45, 2.75) is 12.5 Å². The van der Waals surface area contributed by atoms with Gasteiger partial charge in [-0.2, -0.15) is 10.2 Å². The number of carbonyl (C=O) groups excluding carboxylic acids is 1. The van der Waals surface area contributed by atoms with E-state index in [2.05, 4.69) is 25.1 Å². The smallest absolute Gasteiger partial charge is 0.255 e. The minimum atomic E-state index is -0.00977. The fraction of sp³-hybridized carbons (Fsp3) is 0.471. The molecule has 4 heterocycles. The van der Waals surface area contributed by atoms with Crippen LogP contribution in [0.15, 0.2) is 36.9 Å². The van der Waals surface area contributed by atoms with Gasteiger partial charge in [-0.25, -0.2) is 9.97 Å². The standard InChI is InChI=1S/C17H20N6O2/c24-16(13-2-6-20-21-10-13)22-7-3-14-11-23(8-9-25-15(14)12-22)17-18-4-1-5-19-17/h1-2,4-6,10,14-15H,3,7-9,11-12H2/t14-,15-/m1/s1. The average molecular weight is 340 g/mol. The molecule has 0 radical (unpaired) electrons. The molecule has 2 fully saturated rings. The molecule has 8 heteroatoms. The first-order valence-electron chi connectivity index (χ1n) is 8.51. The van der Waals surface area contributed by atoms with Crippen molar-refractivity contribution in [1.29, 1.82) is 0 Å². The van der Waals surface area contributed by atoms with Crippen LogP contribution in [0.3, 0.4) is 0 Å². The Kier molecular flexibility index (Phi) is 4.51. The van der Waals surface area contributed by atoms with Crippen LogP contribution >= 0.6 is 0 Å². The lowest BCUT2D eigenvalue weighted by atomic mass is 9.93. The third-order valence-corrected chi connectivity index (χ3v) is 4.80. The van der Waals surface area contributed by atoms with Gasteiger partial charge in [-0.3, -0.25) is 4.79 Å². The van der Waals surface area contributed by atoms with Gasteiger partial charge in [0.1, 0.15) is 0 Å². The van der Waals surface area contributed by atoms with Crippen LogP contribution in [0.5, 0.6) is 0 Å². The highest BCUT2D eigenvalue weighted by Crippen LogP contribution is 2.26. The first-order chi connectivity index (χ1) is 12.3. The zero-order valence-electron chi connectivity index (χ0n) is 13.9. The van der Waals surface area contributed by atoms with Crippen LogP contribution in [0.25, 0.3) is 0 Å². The summed E-state index contributed by atoms with van der Waals surface area (Å²) < 4.78 is 6.06. The third-order valence-electron chi connectivity index (χ3n) is 4.80. The molecular formula is C17H20N6O2. The Morgan fingerprint density at radius 1 is 1.12 bits per heavy atom. The summed E-state index contributed by atoms with van der Waals surface area (Å²) in [4.78, 5) is 25.3. The third kappa shape index (κ3) is 3.43. The van der Waals surface area contributed by atoms with E-state index in [0.29, 0.717) is 24.6 Å². The maximum absolute atomic E-state index is 12.6. The Balaban J connectivity index is 1.44. The highest BCUT2D eigenvalue weighted by atomic mass is 16.5. The summed E-state index contributed by atoms with van der Waals surface area (Å²) in [5.74, 6) is 1.10. The Hall–Kier alpha value is -2.61. The number of carbonyl (C=O) groups is 1. The number of ether oxygens (including phenoxy) is 1. The molecule has 2 aromatic heterocycles. The number of likely N-dealkylation sites (tertiary alicyclic amines) is 1. The van der Waals surface area contributed by atoms with Crippen LogP contribution in [0, 0.1) is 5.92 Å². The van der Waals surface area contributed by atoms with E-state index in [1.165, 1.54) is 6.20 Å². The van der Waals surface area contributed by atoms with Crippen LogP contribution < -0.4 is 4.90 Å². The van der Waals surface area contributed by atoms with Crippen LogP contribution in [0.1, 0.15) is 16.8 Å². The molecule has 2 aliphatic heterocycles. The summed E-state index contributed by atoms with van der Waals surface area (Å²) in [5, 5.41) is 7.52. The lowest BCUT2D eigenvalue weighted by Gasteiger charge is -2.38. The Morgan fingerprint density at radius 2 is 2.00 bits per heavy atom. The highest BCUT2D eigenvalue weighted by molar-refractivity contribution is 5.93. The van der Waals surface area contributed by atoms with E-state index in [1.807, 2.05) is 11.0 Å². The molecule has 4 rings (SSSR count). The molecule has 8 nitrogen and oxygen atoms in total. The summed E-state index contributed by atoms with van der Waals surface area (Å²) >= 11 is 0. The van der Waals surface area contributed by atoms with E-state index in [4.69, 9.17) is 4.74 Å². The van der Waals surface area contributed by atoms with E-state index in [9.17, 15) is 4.79 Å². The number of hydrogen-bond acceptors (Lipinski definition) is 7. The number of fused-ring (bicyclic) bond motifs is 1. The topological polar surface area (TPSA) is 84.3 Å². The normalized spacial score (nSPS) is 23.7. The first kappa shape index (κ1) is 15.9. The molecule has 2 aromatic rings. The van der Waals surface area contributed by atoms with E-state index in [1.54, 1.807) is 24.7 Å². The lowest BCUT2D eigenvalue weighted by molar-refractivity contribution is -0.0169. The van der Waals surface area contributed by atoms with E-state index >= 15 is 0 Å². The fourth-order valence-electron chi connectivity index (χ4n) is 3.47. The van der Waals surface area contributed by atoms with Crippen LogP contribution in [0.4, 0.5) is 5.95 Å². The molecule has 25 heavy (non-hydrogen) atoms. The van der Waals surface area contributed by atoms with Crippen molar-refractivity contribution in [3.05, 3.63) is 42.5 Å². The van der Waals surface area contributed by atoms with Gasteiger partial charge in [-0.05, 0) is 18.6 Å². The number of hydrogen-bond donors (Lipinski definition) is 0. The zero-order chi connectivity index (χ0) is 17.1. The summed E-state index contributed by atoms with van der Waals surface area (Å²) in [7, 11) is 0. The number of anilines is 1. The molecule has 0 N–H and O–H groups in total. The van der Waals surface area contributed by atoms with Crippen molar-refractivity contribution in [3.63, 3.8) is 0 Å². The molecule has 1 amide bonds. The van der Waals surface area contributed by atoms with Gasteiger partial charge < -0.3 is 14.5 Å². The Labute approximate surface area is 145 Å². The molecule has 0 unspecified atom stereocenters. The Bertz CT molecular complexity index is 714. The monoisotopic (exact) mass is 340 g/mol. The van der Waals surface area contributed by atoms with Crippen LogP contribution in [-0.2, 0) is 4.74 Å². The predicted octanol–water partition coefficient (Wildman–Crippen LogP) is 0.634. The fourth-order valence-corrected chi connectivity index (χ4v) is 3.47. The molecule has 2 aliphatic rings. The van der Waals surface area contributed by atoms with Gasteiger partial charge in [0, 0.05) is 44.5 Å². The van der Waals surface area contributed by atoms with Gasteiger partial charge in [0.05, 0.1) is 30.7 Å². The SMILES string of the molecule is O=C(c1ccnnc1)N1CC[C@@H]2CN(c3ncccn3)CCO[C@@H]2C1. The van der Waals surface area contributed by atoms with Gasteiger partial charge >= 0.3 is 0 Å². The zero-order valence-corrected chi connectivity index (χ0v) is 13.9. The number of piperidine rings is 1. The first-order valence-corrected chi connectivity index (χ1v) is 8.51. The number of aromatic nitrogens is 4. The maximum Gasteiger partial charge on any atom is 0.255 e. The second-order valence-corrected chi connectivity index (χ2v) is 6.34. The highest BCUT2D eigenvalue weighted by Gasteiger charge is 2.35. The van der Waals surface area contributed by atoms with Gasteiger partial charge in [-0.1, -0.05) is 0 Å². The number of rotatable bonds is 2. The van der Waals surface area contributed by atoms with Crippen molar-refractivity contribution < 1.29 is 9.53 Å². The summed E-state index contributed by atoms with van der Waals surface area (Å²) in [6.07, 6.45) is 7.52. The van der Waals surface area contributed by atoms with Crippen molar-refractivity contribution in [3.8, 4) is 0 Å². The van der Waals surface area contributed by atoms with Gasteiger partial charge in [0.15, 0.2) is 0 Å². The Morgan fingerprint density at radius 3 is 2.80 bits per heavy atom. The average Bonchev–Trinajstić information content (AvgIpc) is 2.90. The lowest BCUT2D eigenvalue weighted by Crippen LogP contribution is -2.49. The number of nitrogens with zero attached hydrogens (tertiary/aromatic N) is 6. The van der Waals surface area contributed by atoms with Crippen molar-refractivity contribution in [2.75, 3.05) is 37.7 Å². The molecule has 130 valence electrons. The summed E-state index contributed by atoms with van der Waals surface area (Å²) in [6.45, 7) is 3.55. The van der Waals surface area contributed by atoms with E-state index in [0.717, 1.165) is 32.0 Å². The summed E-state index contributed by atoms with van der Waals surface area (Å²) in [5.41, 5.74) is 0.571. The van der Waals surface area contributed by atoms with Crippen molar-refractivity contribution >= 4 is 11.9 Å². The van der Waals surface area contributed by atoms with Gasteiger partial charge in [0.2, 0.25) is 5.95 Å². The molecule has 0 saturated carbocycles. The van der Waals surface area contributed by atoms with Gasteiger partial charge in [0.25, 0.3) is 5.91 Å². The maximum atomic E-state index is 12.6. The van der Waals surface area contributed by atoms with Gasteiger partial charge in [-0.15, -0.1) is 0 Å². The minimum absolute atomic E-state index is 0.00977. The molecule has 2 saturated heterocycles. The van der Waals surface area contributed by atoms with Crippen molar-refractivity contribution in [2.24, 2.45) is 5.92 Å². The van der Waals surface area contributed by atoms with E-state index < -0.39 is 0 Å². The minimum Gasteiger partial charge on any atom is -0.374 e. The second kappa shape index (κ2) is 7.10. The number of amides is 1. The molecule has 0 bridgehead atoms.